The number of carboxylic acid groups (broad SMARTS) is 1. The molecule has 2 rings (SSSR count). The van der Waals surface area contributed by atoms with Gasteiger partial charge in [-0.1, -0.05) is 6.42 Å². The second kappa shape index (κ2) is 4.72. The first-order valence-corrected chi connectivity index (χ1v) is 5.94. The van der Waals surface area contributed by atoms with Crippen molar-refractivity contribution < 1.29 is 9.90 Å². The van der Waals surface area contributed by atoms with Crippen LogP contribution in [0.5, 0.6) is 0 Å². The zero-order valence-electron chi connectivity index (χ0n) is 8.48. The lowest BCUT2D eigenvalue weighted by molar-refractivity contribution is 0.0691. The van der Waals surface area contributed by atoms with Crippen molar-refractivity contribution in [3.63, 3.8) is 0 Å². The van der Waals surface area contributed by atoms with Crippen LogP contribution in [0.15, 0.2) is 6.07 Å². The molecule has 0 bridgehead atoms. The lowest BCUT2D eigenvalue weighted by Gasteiger charge is -2.25. The molecule has 1 aromatic rings. The summed E-state index contributed by atoms with van der Waals surface area (Å²) in [6.07, 6.45) is 3.83. The minimum absolute atomic E-state index is 0.173. The van der Waals surface area contributed by atoms with Gasteiger partial charge in [-0.05, 0) is 43.5 Å². The molecular weight excluding hydrogens is 212 g/mol. The molecule has 1 aliphatic rings. The number of aromatic nitrogens is 1. The Labute approximate surface area is 92.7 Å². The Kier molecular flexibility index (Phi) is 3.33. The molecule has 0 spiro atoms. The van der Waals surface area contributed by atoms with E-state index in [1.165, 1.54) is 30.8 Å². The van der Waals surface area contributed by atoms with E-state index in [0.717, 1.165) is 24.5 Å². The van der Waals surface area contributed by atoms with Gasteiger partial charge in [0.15, 0.2) is 5.69 Å². The Hall–Kier alpha value is -0.940. The summed E-state index contributed by atoms with van der Waals surface area (Å²) in [6, 6.07) is 1.68. The molecule has 0 aliphatic carbocycles. The van der Waals surface area contributed by atoms with Crippen LogP contribution in [0.4, 0.5) is 0 Å². The Morgan fingerprint density at radius 3 is 2.80 bits per heavy atom. The summed E-state index contributed by atoms with van der Waals surface area (Å²) in [5, 5.41) is 8.73. The van der Waals surface area contributed by atoms with Gasteiger partial charge in [0.05, 0.1) is 0 Å². The molecule has 0 saturated carbocycles. The third-order valence-corrected chi connectivity index (χ3v) is 3.38. The van der Waals surface area contributed by atoms with E-state index in [-0.39, 0.29) is 5.69 Å². The van der Waals surface area contributed by atoms with E-state index >= 15 is 0 Å². The summed E-state index contributed by atoms with van der Waals surface area (Å²) in [5.74, 6) is -0.934. The van der Waals surface area contributed by atoms with Crippen LogP contribution >= 0.6 is 11.5 Å². The molecule has 5 heteroatoms. The van der Waals surface area contributed by atoms with Gasteiger partial charge in [-0.3, -0.25) is 4.90 Å². The van der Waals surface area contributed by atoms with Crippen molar-refractivity contribution in [2.45, 2.75) is 25.8 Å². The van der Waals surface area contributed by atoms with Gasteiger partial charge in [-0.15, -0.1) is 0 Å². The van der Waals surface area contributed by atoms with Crippen LogP contribution in [-0.4, -0.2) is 33.4 Å². The summed E-state index contributed by atoms with van der Waals surface area (Å²) in [5.41, 5.74) is 0.173. The van der Waals surface area contributed by atoms with Crippen LogP contribution < -0.4 is 0 Å². The molecule has 0 unspecified atom stereocenters. The fourth-order valence-electron chi connectivity index (χ4n) is 1.83. The Morgan fingerprint density at radius 1 is 1.47 bits per heavy atom. The average molecular weight is 226 g/mol. The molecule has 15 heavy (non-hydrogen) atoms. The largest absolute Gasteiger partial charge is 0.476 e. The van der Waals surface area contributed by atoms with Gasteiger partial charge in [-0.25, -0.2) is 4.79 Å². The van der Waals surface area contributed by atoms with E-state index in [2.05, 4.69) is 9.27 Å². The highest BCUT2D eigenvalue weighted by Crippen LogP contribution is 2.16. The van der Waals surface area contributed by atoms with Crippen molar-refractivity contribution in [3.05, 3.63) is 16.6 Å². The van der Waals surface area contributed by atoms with Crippen LogP contribution in [-0.2, 0) is 6.54 Å². The van der Waals surface area contributed by atoms with Crippen LogP contribution in [0, 0.1) is 0 Å². The van der Waals surface area contributed by atoms with Gasteiger partial charge in [0.25, 0.3) is 0 Å². The number of likely N-dealkylation sites (tertiary alicyclic amines) is 1. The first kappa shape index (κ1) is 10.6. The van der Waals surface area contributed by atoms with Gasteiger partial charge in [0.1, 0.15) is 0 Å². The lowest BCUT2D eigenvalue weighted by atomic mass is 10.1. The van der Waals surface area contributed by atoms with Gasteiger partial charge in [-0.2, -0.15) is 4.37 Å². The monoisotopic (exact) mass is 226 g/mol. The number of hydrogen-bond donors (Lipinski definition) is 1. The lowest BCUT2D eigenvalue weighted by Crippen LogP contribution is -2.28. The molecule has 1 aliphatic heterocycles. The highest BCUT2D eigenvalue weighted by atomic mass is 32.1. The molecule has 1 fully saturated rings. The summed E-state index contributed by atoms with van der Waals surface area (Å²) in [6.45, 7) is 3.10. The molecule has 4 nitrogen and oxygen atoms in total. The quantitative estimate of drug-likeness (QED) is 0.854. The average Bonchev–Trinajstić information content (AvgIpc) is 2.68. The fraction of sp³-hybridized carbons (Fsp3) is 0.600. The molecule has 82 valence electrons. The van der Waals surface area contributed by atoms with E-state index in [9.17, 15) is 4.79 Å². The maximum atomic E-state index is 10.6. The van der Waals surface area contributed by atoms with Gasteiger partial charge < -0.3 is 5.11 Å². The first-order chi connectivity index (χ1) is 7.25. The highest BCUT2D eigenvalue weighted by molar-refractivity contribution is 7.05. The van der Waals surface area contributed by atoms with E-state index in [1.807, 2.05) is 0 Å². The molecule has 1 saturated heterocycles. The molecule has 0 aromatic carbocycles. The van der Waals surface area contributed by atoms with Crippen LogP contribution in [0.1, 0.15) is 34.6 Å². The Bertz CT molecular complexity index is 345. The summed E-state index contributed by atoms with van der Waals surface area (Å²) >= 11 is 1.30. The van der Waals surface area contributed by atoms with Crippen molar-refractivity contribution >= 4 is 17.5 Å². The van der Waals surface area contributed by atoms with Crippen LogP contribution in [0.25, 0.3) is 0 Å². The van der Waals surface area contributed by atoms with Crippen molar-refractivity contribution in [3.8, 4) is 0 Å². The maximum Gasteiger partial charge on any atom is 0.355 e. The third-order valence-electron chi connectivity index (χ3n) is 2.61. The summed E-state index contributed by atoms with van der Waals surface area (Å²) in [4.78, 5) is 14.1. The summed E-state index contributed by atoms with van der Waals surface area (Å²) in [7, 11) is 0. The normalized spacial score (nSPS) is 17.9. The smallest absolute Gasteiger partial charge is 0.355 e. The standard InChI is InChI=1S/C10H14N2O2S/c13-10(14)9-6-8(15-11-9)7-12-4-2-1-3-5-12/h6H,1-5,7H2,(H,13,14). The SMILES string of the molecule is O=C(O)c1cc(CN2CCCCC2)sn1. The zero-order chi connectivity index (χ0) is 10.7. The third kappa shape index (κ3) is 2.76. The molecule has 0 atom stereocenters. The van der Waals surface area contributed by atoms with Gasteiger partial charge >= 0.3 is 5.97 Å². The molecule has 1 aromatic heterocycles. The minimum atomic E-state index is -0.934. The van der Waals surface area contributed by atoms with Gasteiger partial charge in [0.2, 0.25) is 0 Å². The topological polar surface area (TPSA) is 53.4 Å². The van der Waals surface area contributed by atoms with Crippen LogP contribution in [0.2, 0.25) is 0 Å². The second-order valence-electron chi connectivity index (χ2n) is 3.82. The predicted octanol–water partition coefficient (Wildman–Crippen LogP) is 1.83. The Morgan fingerprint density at radius 2 is 2.20 bits per heavy atom. The van der Waals surface area contributed by atoms with Crippen molar-refractivity contribution in [1.82, 2.24) is 9.27 Å². The van der Waals surface area contributed by atoms with Crippen molar-refractivity contribution in [1.29, 1.82) is 0 Å². The van der Waals surface area contributed by atoms with E-state index in [4.69, 9.17) is 5.11 Å². The van der Waals surface area contributed by atoms with Crippen molar-refractivity contribution in [2.24, 2.45) is 0 Å². The maximum absolute atomic E-state index is 10.6. The van der Waals surface area contributed by atoms with Crippen molar-refractivity contribution in [2.75, 3.05) is 13.1 Å². The number of carbonyl (C=O) groups is 1. The number of piperidine rings is 1. The number of hydrogen-bond acceptors (Lipinski definition) is 4. The predicted molar refractivity (Wildman–Crippen MR) is 58.2 cm³/mol. The molecule has 0 amide bonds. The molecule has 0 radical (unpaired) electrons. The number of rotatable bonds is 3. The summed E-state index contributed by atoms with van der Waals surface area (Å²) < 4.78 is 3.90. The number of nitrogens with zero attached hydrogens (tertiary/aromatic N) is 2. The highest BCUT2D eigenvalue weighted by Gasteiger charge is 2.14. The van der Waals surface area contributed by atoms with Crippen LogP contribution in [0.3, 0.4) is 0 Å². The van der Waals surface area contributed by atoms with Gasteiger partial charge in [0, 0.05) is 11.4 Å². The minimum Gasteiger partial charge on any atom is -0.476 e. The number of carboxylic acids is 1. The molecule has 2 heterocycles. The van der Waals surface area contributed by atoms with E-state index in [0.29, 0.717) is 0 Å². The molecule has 1 N–H and O–H groups in total. The Balaban J connectivity index is 1.94. The first-order valence-electron chi connectivity index (χ1n) is 5.17. The number of aromatic carboxylic acids is 1. The second-order valence-corrected chi connectivity index (χ2v) is 4.71. The fourth-order valence-corrected chi connectivity index (χ4v) is 2.58. The van der Waals surface area contributed by atoms with E-state index in [1.54, 1.807) is 6.07 Å². The molecular formula is C10H14N2O2S. The van der Waals surface area contributed by atoms with E-state index < -0.39 is 5.97 Å². The zero-order valence-corrected chi connectivity index (χ0v) is 9.29.